The number of aromatic nitrogens is 3. The molecule has 11 heteroatoms. The number of halogens is 3. The number of hydrogen-bond acceptors (Lipinski definition) is 7. The van der Waals surface area contributed by atoms with Crippen LogP contribution >= 0.6 is 23.4 Å². The van der Waals surface area contributed by atoms with E-state index < -0.39 is 6.61 Å². The van der Waals surface area contributed by atoms with Gasteiger partial charge in [0.25, 0.3) is 0 Å². The number of carbonyl (C=O) groups excluding carboxylic acids is 1. The zero-order valence-electron chi connectivity index (χ0n) is 21.5. The standard InChI is InChI=1S/C28H26ClF2N3O4S/c1-4-36-20-8-10-21(11-9-20)37-15-26-32-33-28(34(26)19-7-6-18(3)23(29)14-19)39-16-24(35)22-13-17(2)5-12-25(22)38-27(30)31/h5-14,27H,4,15-16H2,1-3H3. The highest BCUT2D eigenvalue weighted by Crippen LogP contribution is 2.29. The fourth-order valence-corrected chi connectivity index (χ4v) is 4.71. The lowest BCUT2D eigenvalue weighted by molar-refractivity contribution is -0.0501. The smallest absolute Gasteiger partial charge is 0.387 e. The normalized spacial score (nSPS) is 11.1. The highest BCUT2D eigenvalue weighted by atomic mass is 35.5. The monoisotopic (exact) mass is 573 g/mol. The molecule has 0 atom stereocenters. The Morgan fingerprint density at radius 1 is 1.00 bits per heavy atom. The molecule has 0 radical (unpaired) electrons. The third kappa shape index (κ3) is 7.27. The van der Waals surface area contributed by atoms with Crippen molar-refractivity contribution in [3.05, 3.63) is 88.2 Å². The molecule has 1 heterocycles. The maximum atomic E-state index is 13.1. The number of hydrogen-bond donors (Lipinski definition) is 0. The molecule has 0 spiro atoms. The Bertz CT molecular complexity index is 1450. The summed E-state index contributed by atoms with van der Waals surface area (Å²) in [5.74, 6) is 1.20. The zero-order valence-corrected chi connectivity index (χ0v) is 23.1. The highest BCUT2D eigenvalue weighted by Gasteiger charge is 2.20. The van der Waals surface area contributed by atoms with Crippen molar-refractivity contribution in [2.24, 2.45) is 0 Å². The molecule has 0 unspecified atom stereocenters. The summed E-state index contributed by atoms with van der Waals surface area (Å²) < 4.78 is 43.5. The third-order valence-corrected chi connectivity index (χ3v) is 6.94. The van der Waals surface area contributed by atoms with Gasteiger partial charge in [0.1, 0.15) is 23.9 Å². The van der Waals surface area contributed by atoms with Crippen molar-refractivity contribution >= 4 is 29.1 Å². The molecule has 3 aromatic carbocycles. The second kappa shape index (κ2) is 12.9. The van der Waals surface area contributed by atoms with Gasteiger partial charge in [0.05, 0.1) is 23.6 Å². The maximum Gasteiger partial charge on any atom is 0.387 e. The molecule has 0 N–H and O–H groups in total. The summed E-state index contributed by atoms with van der Waals surface area (Å²) in [6.45, 7) is 3.18. The number of aryl methyl sites for hydroxylation is 2. The summed E-state index contributed by atoms with van der Waals surface area (Å²) in [5.41, 5.74) is 2.41. The SMILES string of the molecule is CCOc1ccc(OCc2nnc(SCC(=O)c3cc(C)ccc3OC(F)F)n2-c2ccc(C)c(Cl)c2)cc1. The van der Waals surface area contributed by atoms with E-state index in [0.29, 0.717) is 34.0 Å². The molecular formula is C28H26ClF2N3O4S. The molecule has 4 aromatic rings. The van der Waals surface area contributed by atoms with Crippen LogP contribution in [-0.4, -0.2) is 39.5 Å². The number of carbonyl (C=O) groups is 1. The topological polar surface area (TPSA) is 75.5 Å². The van der Waals surface area contributed by atoms with Crippen molar-refractivity contribution in [2.45, 2.75) is 39.1 Å². The van der Waals surface area contributed by atoms with Crippen LogP contribution in [0.5, 0.6) is 17.2 Å². The van der Waals surface area contributed by atoms with Crippen molar-refractivity contribution in [1.82, 2.24) is 14.8 Å². The summed E-state index contributed by atoms with van der Waals surface area (Å²) in [4.78, 5) is 13.1. The Kier molecular flexibility index (Phi) is 9.42. The number of nitrogens with zero attached hydrogens (tertiary/aromatic N) is 3. The minimum absolute atomic E-state index is 0.0753. The Morgan fingerprint density at radius 3 is 2.38 bits per heavy atom. The van der Waals surface area contributed by atoms with Gasteiger partial charge in [-0.25, -0.2) is 0 Å². The van der Waals surface area contributed by atoms with Crippen LogP contribution in [0.15, 0.2) is 65.8 Å². The van der Waals surface area contributed by atoms with E-state index in [1.54, 1.807) is 35.8 Å². The first-order chi connectivity index (χ1) is 18.7. The lowest BCUT2D eigenvalue weighted by atomic mass is 10.1. The van der Waals surface area contributed by atoms with Gasteiger partial charge in [-0.3, -0.25) is 9.36 Å². The maximum absolute atomic E-state index is 13.1. The Balaban J connectivity index is 1.58. The molecule has 0 bridgehead atoms. The average molecular weight is 574 g/mol. The Hall–Kier alpha value is -3.63. The lowest BCUT2D eigenvalue weighted by Crippen LogP contribution is -2.11. The molecule has 39 heavy (non-hydrogen) atoms. The molecule has 1 aromatic heterocycles. The van der Waals surface area contributed by atoms with E-state index in [9.17, 15) is 13.6 Å². The molecule has 0 aliphatic heterocycles. The highest BCUT2D eigenvalue weighted by molar-refractivity contribution is 7.99. The summed E-state index contributed by atoms with van der Waals surface area (Å²) in [5, 5.41) is 9.54. The van der Waals surface area contributed by atoms with Gasteiger partial charge in [0.2, 0.25) is 0 Å². The minimum atomic E-state index is -3.04. The quantitative estimate of drug-likeness (QED) is 0.132. The van der Waals surface area contributed by atoms with Gasteiger partial charge in [-0.2, -0.15) is 8.78 Å². The molecule has 0 fully saturated rings. The second-order valence-electron chi connectivity index (χ2n) is 8.45. The molecule has 0 aliphatic rings. The second-order valence-corrected chi connectivity index (χ2v) is 9.80. The van der Waals surface area contributed by atoms with Crippen LogP contribution in [0.3, 0.4) is 0 Å². The fraction of sp³-hybridized carbons (Fsp3) is 0.250. The van der Waals surface area contributed by atoms with Gasteiger partial charge in [-0.1, -0.05) is 41.1 Å². The van der Waals surface area contributed by atoms with Crippen LogP contribution in [-0.2, 0) is 6.61 Å². The molecule has 0 saturated carbocycles. The van der Waals surface area contributed by atoms with Gasteiger partial charge in [0, 0.05) is 5.02 Å². The zero-order chi connectivity index (χ0) is 27.9. The number of ketones is 1. The van der Waals surface area contributed by atoms with Crippen LogP contribution in [0, 0.1) is 13.8 Å². The van der Waals surface area contributed by atoms with E-state index in [4.69, 9.17) is 21.1 Å². The van der Waals surface area contributed by atoms with Gasteiger partial charge < -0.3 is 14.2 Å². The molecular weight excluding hydrogens is 548 g/mol. The predicted octanol–water partition coefficient (Wildman–Crippen LogP) is 7.09. The predicted molar refractivity (Wildman–Crippen MR) is 146 cm³/mol. The largest absolute Gasteiger partial charge is 0.494 e. The van der Waals surface area contributed by atoms with Gasteiger partial charge >= 0.3 is 6.61 Å². The first kappa shape index (κ1) is 28.4. The van der Waals surface area contributed by atoms with Crippen LogP contribution in [0.4, 0.5) is 8.78 Å². The van der Waals surface area contributed by atoms with E-state index >= 15 is 0 Å². The third-order valence-electron chi connectivity index (χ3n) is 5.60. The van der Waals surface area contributed by atoms with Crippen molar-refractivity contribution < 1.29 is 27.8 Å². The minimum Gasteiger partial charge on any atom is -0.494 e. The average Bonchev–Trinajstić information content (AvgIpc) is 3.32. The van der Waals surface area contributed by atoms with Gasteiger partial charge in [0.15, 0.2) is 16.8 Å². The summed E-state index contributed by atoms with van der Waals surface area (Å²) in [6, 6.07) is 17.2. The molecule has 0 amide bonds. The van der Waals surface area contributed by atoms with Gasteiger partial charge in [-0.05, 0) is 74.9 Å². The lowest BCUT2D eigenvalue weighted by Gasteiger charge is -2.13. The van der Waals surface area contributed by atoms with Crippen molar-refractivity contribution in [3.8, 4) is 22.9 Å². The van der Waals surface area contributed by atoms with Crippen LogP contribution < -0.4 is 14.2 Å². The number of Topliss-reactive ketones (excluding diaryl/α,β-unsaturated/α-hetero) is 1. The number of ether oxygens (including phenoxy) is 3. The van der Waals surface area contributed by atoms with Crippen LogP contribution in [0.25, 0.3) is 5.69 Å². The first-order valence-corrected chi connectivity index (χ1v) is 13.4. The first-order valence-electron chi connectivity index (χ1n) is 12.0. The summed E-state index contributed by atoms with van der Waals surface area (Å²) >= 11 is 7.52. The van der Waals surface area contributed by atoms with E-state index in [-0.39, 0.29) is 29.5 Å². The number of thioether (sulfide) groups is 1. The Labute approximate surface area is 234 Å². The van der Waals surface area contributed by atoms with E-state index in [1.807, 2.05) is 38.1 Å². The molecule has 0 aliphatic carbocycles. The summed E-state index contributed by atoms with van der Waals surface area (Å²) in [6.07, 6.45) is 0. The van der Waals surface area contributed by atoms with Crippen molar-refractivity contribution in [2.75, 3.05) is 12.4 Å². The molecule has 7 nitrogen and oxygen atoms in total. The number of alkyl halides is 2. The van der Waals surface area contributed by atoms with Crippen molar-refractivity contribution in [3.63, 3.8) is 0 Å². The van der Waals surface area contributed by atoms with E-state index in [0.717, 1.165) is 28.6 Å². The van der Waals surface area contributed by atoms with E-state index in [2.05, 4.69) is 14.9 Å². The molecule has 4 rings (SSSR count). The van der Waals surface area contributed by atoms with Gasteiger partial charge in [-0.15, -0.1) is 10.2 Å². The number of rotatable bonds is 12. The number of benzene rings is 3. The van der Waals surface area contributed by atoms with Crippen molar-refractivity contribution in [1.29, 1.82) is 0 Å². The van der Waals surface area contributed by atoms with Crippen LogP contribution in [0.2, 0.25) is 5.02 Å². The molecule has 0 saturated heterocycles. The fourth-order valence-electron chi connectivity index (χ4n) is 3.68. The summed E-state index contributed by atoms with van der Waals surface area (Å²) in [7, 11) is 0. The Morgan fingerprint density at radius 2 is 1.72 bits per heavy atom. The van der Waals surface area contributed by atoms with Crippen LogP contribution in [0.1, 0.15) is 34.2 Å². The molecule has 204 valence electrons. The van der Waals surface area contributed by atoms with E-state index in [1.165, 1.54) is 12.1 Å².